The van der Waals surface area contributed by atoms with Gasteiger partial charge in [-0.3, -0.25) is 4.79 Å². The molecule has 2 rings (SSSR count). The first kappa shape index (κ1) is 11.3. The quantitative estimate of drug-likeness (QED) is 0.736. The van der Waals surface area contributed by atoms with Crippen LogP contribution in [0.15, 0.2) is 35.2 Å². The van der Waals surface area contributed by atoms with Crippen LogP contribution in [0.4, 0.5) is 0 Å². The smallest absolute Gasteiger partial charge is 0.313 e. The summed E-state index contributed by atoms with van der Waals surface area (Å²) in [6.45, 7) is 0. The normalized spacial score (nSPS) is 22.3. The number of carbonyl (C=O) groups is 1. The molecule has 1 heterocycles. The fourth-order valence-electron chi connectivity index (χ4n) is 1.77. The standard InChI is InChI=1S/C13H14O2S/c1-15-13(14)11-7-8-16-12(11)9-10-5-3-2-4-6-10/h2-6,9,11H,7-8H2,1H3/b12-9-. The Kier molecular flexibility index (Phi) is 3.67. The van der Waals surface area contributed by atoms with Crippen molar-refractivity contribution in [2.24, 2.45) is 5.92 Å². The number of hydrogen-bond donors (Lipinski definition) is 0. The monoisotopic (exact) mass is 234 g/mol. The summed E-state index contributed by atoms with van der Waals surface area (Å²) < 4.78 is 4.81. The summed E-state index contributed by atoms with van der Waals surface area (Å²) in [6, 6.07) is 10.1. The summed E-state index contributed by atoms with van der Waals surface area (Å²) in [7, 11) is 1.45. The number of benzene rings is 1. The molecule has 1 saturated heterocycles. The van der Waals surface area contributed by atoms with E-state index in [1.54, 1.807) is 11.8 Å². The van der Waals surface area contributed by atoms with Crippen LogP contribution >= 0.6 is 11.8 Å². The molecule has 0 radical (unpaired) electrons. The summed E-state index contributed by atoms with van der Waals surface area (Å²) in [5.41, 5.74) is 1.14. The minimum Gasteiger partial charge on any atom is -0.469 e. The van der Waals surface area contributed by atoms with Crippen molar-refractivity contribution >= 4 is 23.8 Å². The van der Waals surface area contributed by atoms with Gasteiger partial charge >= 0.3 is 5.97 Å². The van der Waals surface area contributed by atoms with Crippen molar-refractivity contribution in [2.75, 3.05) is 12.9 Å². The minimum absolute atomic E-state index is 0.0600. The highest BCUT2D eigenvalue weighted by atomic mass is 32.2. The summed E-state index contributed by atoms with van der Waals surface area (Å²) in [6.07, 6.45) is 2.97. The lowest BCUT2D eigenvalue weighted by Gasteiger charge is -2.08. The van der Waals surface area contributed by atoms with Crippen molar-refractivity contribution in [3.63, 3.8) is 0 Å². The second-order valence-electron chi connectivity index (χ2n) is 3.67. The molecule has 1 aliphatic heterocycles. The van der Waals surface area contributed by atoms with Crippen LogP contribution in [-0.4, -0.2) is 18.8 Å². The maximum atomic E-state index is 11.5. The van der Waals surface area contributed by atoms with Crippen LogP contribution in [0.3, 0.4) is 0 Å². The minimum atomic E-state index is -0.118. The van der Waals surface area contributed by atoms with Gasteiger partial charge in [0.2, 0.25) is 0 Å². The topological polar surface area (TPSA) is 26.3 Å². The molecule has 0 bridgehead atoms. The van der Waals surface area contributed by atoms with Crippen LogP contribution in [0.5, 0.6) is 0 Å². The van der Waals surface area contributed by atoms with Crippen LogP contribution in [-0.2, 0) is 9.53 Å². The SMILES string of the molecule is COC(=O)C1CCS/C1=C\c1ccccc1. The van der Waals surface area contributed by atoms with Gasteiger partial charge in [0.25, 0.3) is 0 Å². The van der Waals surface area contributed by atoms with Crippen molar-refractivity contribution in [1.29, 1.82) is 0 Å². The van der Waals surface area contributed by atoms with Gasteiger partial charge in [0.05, 0.1) is 13.0 Å². The third-order valence-corrected chi connectivity index (χ3v) is 3.79. The van der Waals surface area contributed by atoms with E-state index in [-0.39, 0.29) is 11.9 Å². The van der Waals surface area contributed by atoms with Crippen LogP contribution in [0.1, 0.15) is 12.0 Å². The Morgan fingerprint density at radius 1 is 1.44 bits per heavy atom. The van der Waals surface area contributed by atoms with E-state index in [4.69, 9.17) is 4.74 Å². The average molecular weight is 234 g/mol. The van der Waals surface area contributed by atoms with E-state index >= 15 is 0 Å². The number of carbonyl (C=O) groups excluding carboxylic acids is 1. The van der Waals surface area contributed by atoms with E-state index in [9.17, 15) is 4.79 Å². The van der Waals surface area contributed by atoms with Crippen molar-refractivity contribution < 1.29 is 9.53 Å². The third-order valence-electron chi connectivity index (χ3n) is 2.61. The third kappa shape index (κ3) is 2.47. The fourth-order valence-corrected chi connectivity index (χ4v) is 2.99. The summed E-state index contributed by atoms with van der Waals surface area (Å²) in [4.78, 5) is 12.7. The molecule has 0 N–H and O–H groups in total. The first-order chi connectivity index (χ1) is 7.81. The predicted octanol–water partition coefficient (Wildman–Crippen LogP) is 2.95. The molecule has 16 heavy (non-hydrogen) atoms. The molecule has 0 saturated carbocycles. The second kappa shape index (κ2) is 5.21. The number of esters is 1. The Balaban J connectivity index is 2.20. The first-order valence-electron chi connectivity index (χ1n) is 5.28. The Morgan fingerprint density at radius 3 is 2.88 bits per heavy atom. The molecule has 1 aromatic carbocycles. The molecule has 1 aliphatic rings. The maximum Gasteiger partial charge on any atom is 0.313 e. The van der Waals surface area contributed by atoms with Crippen molar-refractivity contribution in [3.8, 4) is 0 Å². The fraction of sp³-hybridized carbons (Fsp3) is 0.308. The van der Waals surface area contributed by atoms with E-state index in [1.807, 2.05) is 30.3 Å². The molecule has 1 aromatic rings. The van der Waals surface area contributed by atoms with Crippen molar-refractivity contribution in [1.82, 2.24) is 0 Å². The van der Waals surface area contributed by atoms with Crippen LogP contribution in [0.25, 0.3) is 6.08 Å². The summed E-state index contributed by atoms with van der Waals surface area (Å²) in [5.74, 6) is 0.820. The lowest BCUT2D eigenvalue weighted by atomic mass is 10.0. The lowest BCUT2D eigenvalue weighted by molar-refractivity contribution is -0.143. The van der Waals surface area contributed by atoms with Crippen LogP contribution < -0.4 is 0 Å². The zero-order valence-electron chi connectivity index (χ0n) is 9.18. The lowest BCUT2D eigenvalue weighted by Crippen LogP contribution is -2.13. The first-order valence-corrected chi connectivity index (χ1v) is 6.27. The molecular formula is C13H14O2S. The van der Waals surface area contributed by atoms with Gasteiger partial charge in [-0.15, -0.1) is 11.8 Å². The van der Waals surface area contributed by atoms with Gasteiger partial charge in [0.1, 0.15) is 0 Å². The highest BCUT2D eigenvalue weighted by molar-refractivity contribution is 8.03. The van der Waals surface area contributed by atoms with E-state index in [0.717, 1.165) is 22.6 Å². The molecule has 0 aliphatic carbocycles. The van der Waals surface area contributed by atoms with E-state index in [2.05, 4.69) is 6.08 Å². The van der Waals surface area contributed by atoms with Crippen LogP contribution in [0, 0.1) is 5.92 Å². The van der Waals surface area contributed by atoms with Gasteiger partial charge in [0.15, 0.2) is 0 Å². The molecule has 1 unspecified atom stereocenters. The molecule has 1 fully saturated rings. The van der Waals surface area contributed by atoms with Crippen LogP contribution in [0.2, 0.25) is 0 Å². The zero-order chi connectivity index (χ0) is 11.4. The number of ether oxygens (including phenoxy) is 1. The average Bonchev–Trinajstić information content (AvgIpc) is 2.77. The van der Waals surface area contributed by atoms with E-state index < -0.39 is 0 Å². The molecule has 2 nitrogen and oxygen atoms in total. The van der Waals surface area contributed by atoms with E-state index in [0.29, 0.717) is 0 Å². The zero-order valence-corrected chi connectivity index (χ0v) is 10.00. The maximum absolute atomic E-state index is 11.5. The Hall–Kier alpha value is -1.22. The van der Waals surface area contributed by atoms with Gasteiger partial charge in [-0.2, -0.15) is 0 Å². The number of thioether (sulfide) groups is 1. The van der Waals surface area contributed by atoms with Gasteiger partial charge in [-0.25, -0.2) is 0 Å². The summed E-state index contributed by atoms with van der Waals surface area (Å²) in [5, 5.41) is 0. The van der Waals surface area contributed by atoms with Gasteiger partial charge in [0, 0.05) is 0 Å². The van der Waals surface area contributed by atoms with E-state index in [1.165, 1.54) is 7.11 Å². The number of methoxy groups -OCH3 is 1. The molecule has 0 spiro atoms. The van der Waals surface area contributed by atoms with Crippen molar-refractivity contribution in [3.05, 3.63) is 40.8 Å². The van der Waals surface area contributed by atoms with Gasteiger partial charge < -0.3 is 4.74 Å². The molecule has 0 amide bonds. The second-order valence-corrected chi connectivity index (χ2v) is 4.84. The highest BCUT2D eigenvalue weighted by Gasteiger charge is 2.28. The molecule has 84 valence electrons. The van der Waals surface area contributed by atoms with Gasteiger partial charge in [-0.1, -0.05) is 30.3 Å². The largest absolute Gasteiger partial charge is 0.469 e. The molecule has 3 heteroatoms. The van der Waals surface area contributed by atoms with Gasteiger partial charge in [-0.05, 0) is 28.7 Å². The number of rotatable bonds is 2. The summed E-state index contributed by atoms with van der Waals surface area (Å²) >= 11 is 1.75. The molecular weight excluding hydrogens is 220 g/mol. The number of hydrogen-bond acceptors (Lipinski definition) is 3. The predicted molar refractivity (Wildman–Crippen MR) is 67.0 cm³/mol. The Morgan fingerprint density at radius 2 is 2.19 bits per heavy atom. The Labute approximate surface area is 99.7 Å². The molecule has 1 atom stereocenters. The highest BCUT2D eigenvalue weighted by Crippen LogP contribution is 2.38. The van der Waals surface area contributed by atoms with Crippen molar-refractivity contribution in [2.45, 2.75) is 6.42 Å². The Bertz CT molecular complexity index is 398. The molecule has 0 aromatic heterocycles.